The second-order valence-corrected chi connectivity index (χ2v) is 6.17. The highest BCUT2D eigenvalue weighted by molar-refractivity contribution is 5.77. The molecule has 1 aliphatic heterocycles. The van der Waals surface area contributed by atoms with Gasteiger partial charge in [0.25, 0.3) is 0 Å². The number of hydrogen-bond acceptors (Lipinski definition) is 4. The summed E-state index contributed by atoms with van der Waals surface area (Å²) in [4.78, 5) is 23.3. The fourth-order valence-electron chi connectivity index (χ4n) is 3.81. The van der Waals surface area contributed by atoms with Gasteiger partial charge in [0.05, 0.1) is 12.5 Å². The lowest BCUT2D eigenvalue weighted by Gasteiger charge is -2.55. The molecule has 5 heteroatoms. The fraction of sp³-hybridized carbons (Fsp3) is 0.867. The lowest BCUT2D eigenvalue weighted by molar-refractivity contribution is -0.175. The maximum Gasteiger partial charge on any atom is 0.309 e. The molecule has 1 spiro atoms. The summed E-state index contributed by atoms with van der Waals surface area (Å²) in [6, 6.07) is 0. The number of carboxylic acid groups (broad SMARTS) is 1. The Hall–Kier alpha value is -1.10. The minimum atomic E-state index is -0.815. The number of esters is 1. The number of carbonyl (C=O) groups excluding carboxylic acids is 1. The van der Waals surface area contributed by atoms with Crippen molar-refractivity contribution in [1.29, 1.82) is 0 Å². The number of carbonyl (C=O) groups is 2. The molecule has 2 N–H and O–H groups in total. The predicted molar refractivity (Wildman–Crippen MR) is 74.3 cm³/mol. The van der Waals surface area contributed by atoms with E-state index in [2.05, 4.69) is 12.2 Å². The molecule has 1 saturated heterocycles. The summed E-state index contributed by atoms with van der Waals surface area (Å²) >= 11 is 0. The fourth-order valence-corrected chi connectivity index (χ4v) is 3.81. The van der Waals surface area contributed by atoms with Crippen molar-refractivity contribution in [2.75, 3.05) is 19.7 Å². The molecule has 2 atom stereocenters. The van der Waals surface area contributed by atoms with Crippen LogP contribution < -0.4 is 5.32 Å². The summed E-state index contributed by atoms with van der Waals surface area (Å²) in [5, 5.41) is 12.3. The Kier molecular flexibility index (Phi) is 5.02. The lowest BCUT2D eigenvalue weighted by atomic mass is 9.49. The first-order valence-electron chi connectivity index (χ1n) is 7.68. The molecular weight excluding hydrogens is 258 g/mol. The van der Waals surface area contributed by atoms with Crippen molar-refractivity contribution in [1.82, 2.24) is 5.32 Å². The third-order valence-corrected chi connectivity index (χ3v) is 4.83. The summed E-state index contributed by atoms with van der Waals surface area (Å²) in [6.45, 7) is 4.34. The molecular formula is C15H25NO4. The van der Waals surface area contributed by atoms with Crippen LogP contribution in [-0.4, -0.2) is 36.7 Å². The van der Waals surface area contributed by atoms with E-state index in [-0.39, 0.29) is 29.6 Å². The molecule has 0 radical (unpaired) electrons. The minimum absolute atomic E-state index is 0.00529. The summed E-state index contributed by atoms with van der Waals surface area (Å²) < 4.78 is 5.37. The number of aliphatic carboxylic acids is 1. The molecule has 0 aromatic rings. The van der Waals surface area contributed by atoms with Crippen LogP contribution in [0.25, 0.3) is 0 Å². The zero-order chi connectivity index (χ0) is 14.6. The van der Waals surface area contributed by atoms with Crippen molar-refractivity contribution in [2.24, 2.45) is 17.3 Å². The maximum absolute atomic E-state index is 12.3. The molecule has 114 valence electrons. The Bertz CT molecular complexity index is 363. The van der Waals surface area contributed by atoms with E-state index in [0.29, 0.717) is 6.61 Å². The summed E-state index contributed by atoms with van der Waals surface area (Å²) in [5.74, 6) is -1.24. The van der Waals surface area contributed by atoms with Gasteiger partial charge in [0.15, 0.2) is 0 Å². The number of ether oxygens (including phenoxy) is 1. The van der Waals surface area contributed by atoms with E-state index in [1.165, 1.54) is 0 Å². The Morgan fingerprint density at radius 3 is 2.65 bits per heavy atom. The molecule has 1 heterocycles. The molecule has 2 rings (SSSR count). The molecule has 0 aromatic heterocycles. The first-order chi connectivity index (χ1) is 9.59. The van der Waals surface area contributed by atoms with Gasteiger partial charge in [0.1, 0.15) is 0 Å². The van der Waals surface area contributed by atoms with Gasteiger partial charge in [-0.15, -0.1) is 0 Å². The topological polar surface area (TPSA) is 75.6 Å². The minimum Gasteiger partial charge on any atom is -0.481 e. The third kappa shape index (κ3) is 3.14. The largest absolute Gasteiger partial charge is 0.481 e. The van der Waals surface area contributed by atoms with E-state index >= 15 is 0 Å². The Morgan fingerprint density at radius 2 is 2.05 bits per heavy atom. The van der Waals surface area contributed by atoms with Gasteiger partial charge in [-0.05, 0) is 50.1 Å². The van der Waals surface area contributed by atoms with Crippen LogP contribution in [-0.2, 0) is 14.3 Å². The number of hydrogen-bond donors (Lipinski definition) is 2. The smallest absolute Gasteiger partial charge is 0.309 e. The molecule has 0 aromatic carbocycles. The highest BCUT2D eigenvalue weighted by Gasteiger charge is 2.58. The van der Waals surface area contributed by atoms with Gasteiger partial charge in [0.2, 0.25) is 0 Å². The van der Waals surface area contributed by atoms with Crippen molar-refractivity contribution in [3.05, 3.63) is 0 Å². The van der Waals surface area contributed by atoms with Crippen LogP contribution in [0, 0.1) is 17.3 Å². The van der Waals surface area contributed by atoms with Crippen LogP contribution in [0.2, 0.25) is 0 Å². The van der Waals surface area contributed by atoms with Crippen LogP contribution in [0.3, 0.4) is 0 Å². The first-order valence-corrected chi connectivity index (χ1v) is 7.68. The third-order valence-electron chi connectivity index (χ3n) is 4.83. The van der Waals surface area contributed by atoms with Gasteiger partial charge in [-0.3, -0.25) is 9.59 Å². The zero-order valence-corrected chi connectivity index (χ0v) is 12.2. The van der Waals surface area contributed by atoms with E-state index in [9.17, 15) is 9.59 Å². The average Bonchev–Trinajstić information content (AvgIpc) is 2.38. The average molecular weight is 283 g/mol. The van der Waals surface area contributed by atoms with E-state index in [4.69, 9.17) is 9.84 Å². The lowest BCUT2D eigenvalue weighted by Crippen LogP contribution is -2.57. The van der Waals surface area contributed by atoms with E-state index in [1.54, 1.807) is 0 Å². The molecule has 5 nitrogen and oxygen atoms in total. The van der Waals surface area contributed by atoms with Crippen molar-refractivity contribution in [2.45, 2.75) is 45.4 Å². The molecule has 2 unspecified atom stereocenters. The molecule has 0 bridgehead atoms. The summed E-state index contributed by atoms with van der Waals surface area (Å²) in [5.41, 5.74) is -0.00529. The standard InChI is InChI=1S/C15H25NO4/c1-2-3-8-20-14(19)13-11(9-12(17)18)10-15(13)4-6-16-7-5-15/h11,13,16H,2-10H2,1H3,(H,17,18). The zero-order valence-electron chi connectivity index (χ0n) is 12.2. The Morgan fingerprint density at radius 1 is 1.35 bits per heavy atom. The van der Waals surface area contributed by atoms with Crippen LogP contribution in [0.5, 0.6) is 0 Å². The number of carboxylic acids is 1. The molecule has 20 heavy (non-hydrogen) atoms. The normalized spacial score (nSPS) is 27.9. The second kappa shape index (κ2) is 6.57. The molecule has 0 amide bonds. The van der Waals surface area contributed by atoms with Crippen molar-refractivity contribution >= 4 is 11.9 Å². The number of rotatable bonds is 6. The maximum atomic E-state index is 12.3. The first kappa shape index (κ1) is 15.3. The van der Waals surface area contributed by atoms with Gasteiger partial charge >= 0.3 is 11.9 Å². The Labute approximate surface area is 120 Å². The molecule has 1 saturated carbocycles. The SMILES string of the molecule is CCCCOC(=O)C1C(CC(=O)O)CC12CCNCC2. The highest BCUT2D eigenvalue weighted by atomic mass is 16.5. The van der Waals surface area contributed by atoms with Crippen molar-refractivity contribution < 1.29 is 19.4 Å². The number of piperidine rings is 1. The van der Waals surface area contributed by atoms with Crippen LogP contribution in [0.4, 0.5) is 0 Å². The molecule has 1 aliphatic carbocycles. The second-order valence-electron chi connectivity index (χ2n) is 6.17. The number of nitrogens with one attached hydrogen (secondary N) is 1. The monoisotopic (exact) mass is 283 g/mol. The van der Waals surface area contributed by atoms with Crippen LogP contribution in [0.15, 0.2) is 0 Å². The van der Waals surface area contributed by atoms with Gasteiger partial charge in [-0.25, -0.2) is 0 Å². The van der Waals surface area contributed by atoms with Crippen molar-refractivity contribution in [3.63, 3.8) is 0 Å². The number of unbranched alkanes of at least 4 members (excludes halogenated alkanes) is 1. The van der Waals surface area contributed by atoms with Gasteiger partial charge in [-0.1, -0.05) is 13.3 Å². The van der Waals surface area contributed by atoms with E-state index in [1.807, 2.05) is 0 Å². The Balaban J connectivity index is 2.00. The van der Waals surface area contributed by atoms with E-state index in [0.717, 1.165) is 45.2 Å². The predicted octanol–water partition coefficient (Wildman–Crippen LogP) is 1.81. The summed E-state index contributed by atoms with van der Waals surface area (Å²) in [7, 11) is 0. The van der Waals surface area contributed by atoms with Crippen LogP contribution >= 0.6 is 0 Å². The van der Waals surface area contributed by atoms with Gasteiger partial charge < -0.3 is 15.2 Å². The van der Waals surface area contributed by atoms with Crippen molar-refractivity contribution in [3.8, 4) is 0 Å². The summed E-state index contributed by atoms with van der Waals surface area (Å²) in [6.07, 6.45) is 4.72. The molecule has 2 aliphatic rings. The molecule has 2 fully saturated rings. The van der Waals surface area contributed by atoms with Gasteiger partial charge in [0, 0.05) is 6.42 Å². The van der Waals surface area contributed by atoms with E-state index < -0.39 is 5.97 Å². The highest BCUT2D eigenvalue weighted by Crippen LogP contribution is 2.58. The van der Waals surface area contributed by atoms with Gasteiger partial charge in [-0.2, -0.15) is 0 Å². The quantitative estimate of drug-likeness (QED) is 0.574. The van der Waals surface area contributed by atoms with Crippen LogP contribution in [0.1, 0.15) is 45.4 Å².